The molecule has 0 aliphatic heterocycles. The van der Waals surface area contributed by atoms with Crippen LogP contribution >= 0.6 is 0 Å². The van der Waals surface area contributed by atoms with E-state index < -0.39 is 0 Å². The minimum Gasteiger partial charge on any atom is -0.294 e. The van der Waals surface area contributed by atoms with E-state index in [4.69, 9.17) is 0 Å². The standard InChI is InChI=1S/C19H22O/c1-13-5-6-16(4)17(10-13)7-8-19(20)18-11-14(2)9-15(3)12-18/h5-6,9-12H,7-8H2,1-4H3. The summed E-state index contributed by atoms with van der Waals surface area (Å²) in [6.07, 6.45) is 1.40. The average Bonchev–Trinajstić information content (AvgIpc) is 2.38. The number of hydrogen-bond donors (Lipinski definition) is 0. The fraction of sp³-hybridized carbons (Fsp3) is 0.316. The molecule has 0 N–H and O–H groups in total. The Kier molecular flexibility index (Phi) is 4.39. The van der Waals surface area contributed by atoms with Crippen LogP contribution in [0.4, 0.5) is 0 Å². The largest absolute Gasteiger partial charge is 0.294 e. The van der Waals surface area contributed by atoms with Gasteiger partial charge < -0.3 is 0 Å². The molecule has 0 saturated carbocycles. The number of benzene rings is 2. The summed E-state index contributed by atoms with van der Waals surface area (Å²) in [5, 5.41) is 0. The van der Waals surface area contributed by atoms with Crippen LogP contribution in [0.15, 0.2) is 36.4 Å². The van der Waals surface area contributed by atoms with Crippen molar-refractivity contribution < 1.29 is 4.79 Å². The number of hydrogen-bond acceptors (Lipinski definition) is 1. The second-order valence-corrected chi connectivity index (χ2v) is 5.73. The van der Waals surface area contributed by atoms with Gasteiger partial charge in [-0.2, -0.15) is 0 Å². The van der Waals surface area contributed by atoms with Crippen molar-refractivity contribution >= 4 is 5.78 Å². The molecule has 0 heterocycles. The second-order valence-electron chi connectivity index (χ2n) is 5.73. The number of carbonyl (C=O) groups is 1. The van der Waals surface area contributed by atoms with Crippen LogP contribution in [0.25, 0.3) is 0 Å². The lowest BCUT2D eigenvalue weighted by Crippen LogP contribution is -2.03. The van der Waals surface area contributed by atoms with Gasteiger partial charge in [0.2, 0.25) is 0 Å². The molecule has 1 nitrogen and oxygen atoms in total. The quantitative estimate of drug-likeness (QED) is 0.731. The third-order valence-corrected chi connectivity index (χ3v) is 3.67. The Hall–Kier alpha value is -1.89. The van der Waals surface area contributed by atoms with Gasteiger partial charge >= 0.3 is 0 Å². The summed E-state index contributed by atoms with van der Waals surface area (Å²) in [6.45, 7) is 8.27. The van der Waals surface area contributed by atoms with Crippen molar-refractivity contribution in [1.82, 2.24) is 0 Å². The predicted octanol–water partition coefficient (Wildman–Crippen LogP) is 4.74. The van der Waals surface area contributed by atoms with E-state index in [2.05, 4.69) is 38.1 Å². The fourth-order valence-electron chi connectivity index (χ4n) is 2.60. The smallest absolute Gasteiger partial charge is 0.163 e. The first-order chi connectivity index (χ1) is 9.45. The Morgan fingerprint density at radius 3 is 2.15 bits per heavy atom. The van der Waals surface area contributed by atoms with Gasteiger partial charge in [0.25, 0.3) is 0 Å². The van der Waals surface area contributed by atoms with Crippen LogP contribution in [0, 0.1) is 27.7 Å². The van der Waals surface area contributed by atoms with Gasteiger partial charge in [-0.25, -0.2) is 0 Å². The molecule has 0 saturated heterocycles. The van der Waals surface area contributed by atoms with E-state index in [0.29, 0.717) is 6.42 Å². The summed E-state index contributed by atoms with van der Waals surface area (Å²) in [4.78, 5) is 12.3. The highest BCUT2D eigenvalue weighted by Gasteiger charge is 2.08. The maximum absolute atomic E-state index is 12.3. The van der Waals surface area contributed by atoms with Crippen molar-refractivity contribution in [1.29, 1.82) is 0 Å². The van der Waals surface area contributed by atoms with Crippen LogP contribution in [0.1, 0.15) is 44.6 Å². The highest BCUT2D eigenvalue weighted by molar-refractivity contribution is 5.96. The molecular weight excluding hydrogens is 244 g/mol. The summed E-state index contributed by atoms with van der Waals surface area (Å²) in [5.41, 5.74) is 6.95. The Balaban J connectivity index is 2.10. The first kappa shape index (κ1) is 14.5. The van der Waals surface area contributed by atoms with Gasteiger partial charge in [0.1, 0.15) is 0 Å². The normalized spacial score (nSPS) is 10.6. The van der Waals surface area contributed by atoms with E-state index in [0.717, 1.165) is 23.1 Å². The Labute approximate surface area is 121 Å². The van der Waals surface area contributed by atoms with Crippen molar-refractivity contribution in [3.05, 3.63) is 69.8 Å². The summed E-state index contributed by atoms with van der Waals surface area (Å²) < 4.78 is 0. The van der Waals surface area contributed by atoms with Crippen LogP contribution in [-0.2, 0) is 6.42 Å². The van der Waals surface area contributed by atoms with Crippen molar-refractivity contribution in [2.24, 2.45) is 0 Å². The van der Waals surface area contributed by atoms with E-state index in [1.165, 1.54) is 16.7 Å². The lowest BCUT2D eigenvalue weighted by Gasteiger charge is -2.08. The zero-order chi connectivity index (χ0) is 14.7. The van der Waals surface area contributed by atoms with Gasteiger partial charge in [-0.05, 0) is 57.4 Å². The molecule has 20 heavy (non-hydrogen) atoms. The second kappa shape index (κ2) is 6.04. The number of Topliss-reactive ketones (excluding diaryl/α,β-unsaturated/α-hetero) is 1. The number of rotatable bonds is 4. The molecule has 0 bridgehead atoms. The maximum atomic E-state index is 12.3. The monoisotopic (exact) mass is 266 g/mol. The summed E-state index contributed by atoms with van der Waals surface area (Å²) in [6, 6.07) is 12.5. The highest BCUT2D eigenvalue weighted by Crippen LogP contribution is 2.16. The van der Waals surface area contributed by atoms with Gasteiger partial charge in [-0.15, -0.1) is 0 Å². The number of carbonyl (C=O) groups excluding carboxylic acids is 1. The third-order valence-electron chi connectivity index (χ3n) is 3.67. The Bertz CT molecular complexity index is 618. The van der Waals surface area contributed by atoms with Gasteiger partial charge in [0, 0.05) is 12.0 Å². The topological polar surface area (TPSA) is 17.1 Å². The molecule has 2 aromatic carbocycles. The molecule has 0 fully saturated rings. The van der Waals surface area contributed by atoms with Gasteiger partial charge in [0.15, 0.2) is 5.78 Å². The molecule has 0 radical (unpaired) electrons. The van der Waals surface area contributed by atoms with E-state index in [1.54, 1.807) is 0 Å². The summed E-state index contributed by atoms with van der Waals surface area (Å²) in [7, 11) is 0. The molecule has 2 rings (SSSR count). The fourth-order valence-corrected chi connectivity index (χ4v) is 2.60. The average molecular weight is 266 g/mol. The highest BCUT2D eigenvalue weighted by atomic mass is 16.1. The summed E-state index contributed by atoms with van der Waals surface area (Å²) >= 11 is 0. The van der Waals surface area contributed by atoms with Crippen molar-refractivity contribution in [3.8, 4) is 0 Å². The molecular formula is C19H22O. The molecule has 0 amide bonds. The molecule has 0 aliphatic carbocycles. The molecule has 0 spiro atoms. The minimum atomic E-state index is 0.234. The lowest BCUT2D eigenvalue weighted by atomic mass is 9.97. The summed E-state index contributed by atoms with van der Waals surface area (Å²) in [5.74, 6) is 0.234. The minimum absolute atomic E-state index is 0.234. The zero-order valence-electron chi connectivity index (χ0n) is 12.8. The van der Waals surface area contributed by atoms with Crippen LogP contribution in [0.2, 0.25) is 0 Å². The molecule has 0 aromatic heterocycles. The van der Waals surface area contributed by atoms with Crippen LogP contribution in [0.3, 0.4) is 0 Å². The maximum Gasteiger partial charge on any atom is 0.163 e. The van der Waals surface area contributed by atoms with E-state index in [1.807, 2.05) is 26.0 Å². The van der Waals surface area contributed by atoms with Gasteiger partial charge in [-0.3, -0.25) is 4.79 Å². The zero-order valence-corrected chi connectivity index (χ0v) is 12.8. The van der Waals surface area contributed by atoms with Crippen molar-refractivity contribution in [3.63, 3.8) is 0 Å². The number of aryl methyl sites for hydroxylation is 5. The molecule has 0 unspecified atom stereocenters. The third kappa shape index (κ3) is 3.57. The Morgan fingerprint density at radius 1 is 0.850 bits per heavy atom. The molecule has 0 atom stereocenters. The van der Waals surface area contributed by atoms with Crippen molar-refractivity contribution in [2.45, 2.75) is 40.5 Å². The molecule has 2 aromatic rings. The van der Waals surface area contributed by atoms with Crippen LogP contribution < -0.4 is 0 Å². The predicted molar refractivity (Wildman–Crippen MR) is 84.5 cm³/mol. The van der Waals surface area contributed by atoms with Crippen LogP contribution in [-0.4, -0.2) is 5.78 Å². The van der Waals surface area contributed by atoms with E-state index in [-0.39, 0.29) is 5.78 Å². The van der Waals surface area contributed by atoms with Crippen LogP contribution in [0.5, 0.6) is 0 Å². The molecule has 0 aliphatic rings. The van der Waals surface area contributed by atoms with E-state index >= 15 is 0 Å². The van der Waals surface area contributed by atoms with Gasteiger partial charge in [-0.1, -0.05) is 41.0 Å². The SMILES string of the molecule is Cc1cc(C)cc(C(=O)CCc2cc(C)ccc2C)c1. The number of ketones is 1. The van der Waals surface area contributed by atoms with E-state index in [9.17, 15) is 4.79 Å². The van der Waals surface area contributed by atoms with Gasteiger partial charge in [0.05, 0.1) is 0 Å². The first-order valence-electron chi connectivity index (χ1n) is 7.13. The molecule has 104 valence electrons. The first-order valence-corrected chi connectivity index (χ1v) is 7.13. The lowest BCUT2D eigenvalue weighted by molar-refractivity contribution is 0.0982. The molecule has 1 heteroatoms. The van der Waals surface area contributed by atoms with Crippen molar-refractivity contribution in [2.75, 3.05) is 0 Å². The Morgan fingerprint density at radius 2 is 1.50 bits per heavy atom.